The van der Waals surface area contributed by atoms with E-state index in [1.807, 2.05) is 60.7 Å². The van der Waals surface area contributed by atoms with Gasteiger partial charge in [-0.3, -0.25) is 14.5 Å². The van der Waals surface area contributed by atoms with Gasteiger partial charge >= 0.3 is 0 Å². The van der Waals surface area contributed by atoms with Crippen LogP contribution in [0.4, 0.5) is 5.69 Å². The van der Waals surface area contributed by atoms with Crippen LogP contribution in [-0.4, -0.2) is 54.3 Å². The second kappa shape index (κ2) is 8.60. The molecule has 136 valence electrons. The van der Waals surface area contributed by atoms with Gasteiger partial charge in [-0.1, -0.05) is 48.5 Å². The van der Waals surface area contributed by atoms with Gasteiger partial charge in [0.2, 0.25) is 11.8 Å². The summed E-state index contributed by atoms with van der Waals surface area (Å²) in [6, 6.07) is 18.2. The summed E-state index contributed by atoms with van der Waals surface area (Å²) in [4.78, 5) is 28.5. The van der Waals surface area contributed by atoms with E-state index in [1.54, 1.807) is 4.90 Å². The van der Waals surface area contributed by atoms with Gasteiger partial charge in [-0.25, -0.2) is 0 Å². The van der Waals surface area contributed by atoms with Crippen LogP contribution >= 0.6 is 0 Å². The Kier molecular flexibility index (Phi) is 5.99. The highest BCUT2D eigenvalue weighted by Gasteiger charge is 2.26. The molecule has 1 aliphatic heterocycles. The summed E-state index contributed by atoms with van der Waals surface area (Å²) in [7, 11) is 0. The minimum Gasteiger partial charge on any atom is -0.338 e. The molecule has 6 heteroatoms. The van der Waals surface area contributed by atoms with Gasteiger partial charge in [-0.15, -0.1) is 0 Å². The molecule has 2 amide bonds. The molecule has 1 atom stereocenters. The molecule has 26 heavy (non-hydrogen) atoms. The maximum atomic E-state index is 12.6. The summed E-state index contributed by atoms with van der Waals surface area (Å²) in [5, 5.41) is 2.88. The Morgan fingerprint density at radius 1 is 0.923 bits per heavy atom. The number of nitrogens with zero attached hydrogens (tertiary/aromatic N) is 2. The van der Waals surface area contributed by atoms with Crippen molar-refractivity contribution in [3.05, 3.63) is 66.2 Å². The number of nitrogens with two attached hydrogens (primary N) is 1. The maximum Gasteiger partial charge on any atom is 0.244 e. The van der Waals surface area contributed by atoms with E-state index < -0.39 is 6.04 Å². The van der Waals surface area contributed by atoms with Crippen LogP contribution < -0.4 is 11.1 Å². The number of benzene rings is 2. The number of rotatable bonds is 5. The zero-order valence-corrected chi connectivity index (χ0v) is 14.7. The number of amides is 2. The van der Waals surface area contributed by atoms with Crippen LogP contribution in [-0.2, 0) is 9.59 Å². The molecular formula is C20H24N4O2. The van der Waals surface area contributed by atoms with Crippen molar-refractivity contribution in [2.75, 3.05) is 38.0 Å². The molecule has 1 unspecified atom stereocenters. The van der Waals surface area contributed by atoms with Crippen molar-refractivity contribution in [2.45, 2.75) is 6.04 Å². The third kappa shape index (κ3) is 4.68. The molecular weight excluding hydrogens is 328 g/mol. The molecule has 0 aliphatic carbocycles. The number of nitrogens with one attached hydrogen (secondary N) is 1. The van der Waals surface area contributed by atoms with Crippen molar-refractivity contribution >= 4 is 17.5 Å². The zero-order chi connectivity index (χ0) is 18.4. The number of hydrogen-bond donors (Lipinski definition) is 2. The summed E-state index contributed by atoms with van der Waals surface area (Å²) in [6.45, 7) is 2.81. The van der Waals surface area contributed by atoms with Crippen LogP contribution in [0, 0.1) is 0 Å². The van der Waals surface area contributed by atoms with E-state index in [0.29, 0.717) is 32.7 Å². The zero-order valence-electron chi connectivity index (χ0n) is 14.7. The summed E-state index contributed by atoms with van der Waals surface area (Å²) in [6.07, 6.45) is 0. The van der Waals surface area contributed by atoms with Gasteiger partial charge in [0, 0.05) is 31.9 Å². The lowest BCUT2D eigenvalue weighted by atomic mass is 10.1. The fourth-order valence-corrected chi connectivity index (χ4v) is 3.05. The first kappa shape index (κ1) is 18.1. The van der Waals surface area contributed by atoms with Gasteiger partial charge in [0.1, 0.15) is 6.04 Å². The fourth-order valence-electron chi connectivity index (χ4n) is 3.05. The summed E-state index contributed by atoms with van der Waals surface area (Å²) in [5.41, 5.74) is 7.72. The molecule has 1 saturated heterocycles. The number of carbonyl (C=O) groups is 2. The third-order valence-electron chi connectivity index (χ3n) is 4.53. The Morgan fingerprint density at radius 2 is 1.50 bits per heavy atom. The van der Waals surface area contributed by atoms with Crippen molar-refractivity contribution in [3.8, 4) is 0 Å². The average Bonchev–Trinajstić information content (AvgIpc) is 2.69. The molecule has 0 radical (unpaired) electrons. The first-order valence-corrected chi connectivity index (χ1v) is 8.80. The third-order valence-corrected chi connectivity index (χ3v) is 4.53. The van der Waals surface area contributed by atoms with E-state index in [0.717, 1.165) is 11.3 Å². The predicted molar refractivity (Wildman–Crippen MR) is 101 cm³/mol. The Labute approximate surface area is 153 Å². The average molecular weight is 352 g/mol. The molecule has 1 heterocycles. The molecule has 0 aromatic heterocycles. The molecule has 0 spiro atoms. The van der Waals surface area contributed by atoms with Crippen molar-refractivity contribution in [1.29, 1.82) is 0 Å². The van der Waals surface area contributed by atoms with Gasteiger partial charge < -0.3 is 16.0 Å². The summed E-state index contributed by atoms with van der Waals surface area (Å²) < 4.78 is 0. The number of carbonyl (C=O) groups excluding carboxylic acids is 2. The largest absolute Gasteiger partial charge is 0.338 e. The monoisotopic (exact) mass is 352 g/mol. The molecule has 0 bridgehead atoms. The molecule has 0 saturated carbocycles. The molecule has 3 N–H and O–H groups in total. The highest BCUT2D eigenvalue weighted by molar-refractivity contribution is 5.92. The Balaban J connectivity index is 1.46. The minimum atomic E-state index is -0.635. The normalized spacial score (nSPS) is 16.1. The van der Waals surface area contributed by atoms with Gasteiger partial charge in [0.15, 0.2) is 0 Å². The molecule has 2 aromatic rings. The van der Waals surface area contributed by atoms with Crippen LogP contribution in [0.15, 0.2) is 60.7 Å². The number of anilines is 1. The topological polar surface area (TPSA) is 78.7 Å². The molecule has 3 rings (SSSR count). The Hall–Kier alpha value is -2.70. The van der Waals surface area contributed by atoms with Gasteiger partial charge in [-0.2, -0.15) is 0 Å². The Morgan fingerprint density at radius 3 is 2.12 bits per heavy atom. The smallest absolute Gasteiger partial charge is 0.244 e. The van der Waals surface area contributed by atoms with E-state index in [-0.39, 0.29) is 11.8 Å². The summed E-state index contributed by atoms with van der Waals surface area (Å²) in [5.74, 6) is -0.110. The fraction of sp³-hybridized carbons (Fsp3) is 0.300. The number of hydrogen-bond acceptors (Lipinski definition) is 4. The number of piperazine rings is 1. The highest BCUT2D eigenvalue weighted by atomic mass is 16.2. The molecule has 2 aromatic carbocycles. The van der Waals surface area contributed by atoms with Crippen LogP contribution in [0.3, 0.4) is 0 Å². The second-order valence-corrected chi connectivity index (χ2v) is 6.40. The van der Waals surface area contributed by atoms with E-state index >= 15 is 0 Å². The van der Waals surface area contributed by atoms with Crippen LogP contribution in [0.5, 0.6) is 0 Å². The van der Waals surface area contributed by atoms with Crippen LogP contribution in [0.1, 0.15) is 11.6 Å². The summed E-state index contributed by atoms with van der Waals surface area (Å²) >= 11 is 0. The van der Waals surface area contributed by atoms with Crippen molar-refractivity contribution in [2.24, 2.45) is 5.73 Å². The van der Waals surface area contributed by atoms with Gasteiger partial charge in [0.05, 0.1) is 6.54 Å². The van der Waals surface area contributed by atoms with Crippen LogP contribution in [0.25, 0.3) is 0 Å². The lowest BCUT2D eigenvalue weighted by molar-refractivity contribution is -0.134. The van der Waals surface area contributed by atoms with Crippen LogP contribution in [0.2, 0.25) is 0 Å². The van der Waals surface area contributed by atoms with Crippen molar-refractivity contribution in [1.82, 2.24) is 9.80 Å². The SMILES string of the molecule is NC(C(=O)N1CCN(CC(=O)Nc2ccccc2)CC1)c1ccccc1. The predicted octanol–water partition coefficient (Wildman–Crippen LogP) is 1.47. The first-order valence-electron chi connectivity index (χ1n) is 8.80. The highest BCUT2D eigenvalue weighted by Crippen LogP contribution is 2.14. The van der Waals surface area contributed by atoms with Gasteiger partial charge in [-0.05, 0) is 17.7 Å². The first-order chi connectivity index (χ1) is 12.6. The van der Waals surface area contributed by atoms with Gasteiger partial charge in [0.25, 0.3) is 0 Å². The lowest BCUT2D eigenvalue weighted by Gasteiger charge is -2.35. The standard InChI is InChI=1S/C20H24N4O2/c21-19(16-7-3-1-4-8-16)20(26)24-13-11-23(12-14-24)15-18(25)22-17-9-5-2-6-10-17/h1-10,19H,11-15,21H2,(H,22,25). The van der Waals surface area contributed by atoms with E-state index in [9.17, 15) is 9.59 Å². The minimum absolute atomic E-state index is 0.0445. The van der Waals surface area contributed by atoms with Crippen molar-refractivity contribution < 1.29 is 9.59 Å². The van der Waals surface area contributed by atoms with Crippen molar-refractivity contribution in [3.63, 3.8) is 0 Å². The quantitative estimate of drug-likeness (QED) is 0.854. The maximum absolute atomic E-state index is 12.6. The number of para-hydroxylation sites is 1. The molecule has 1 fully saturated rings. The molecule has 1 aliphatic rings. The Bertz CT molecular complexity index is 728. The van der Waals surface area contributed by atoms with E-state index in [2.05, 4.69) is 10.2 Å². The second-order valence-electron chi connectivity index (χ2n) is 6.40. The lowest BCUT2D eigenvalue weighted by Crippen LogP contribution is -2.52. The van der Waals surface area contributed by atoms with E-state index in [4.69, 9.17) is 5.73 Å². The molecule has 6 nitrogen and oxygen atoms in total. The van der Waals surface area contributed by atoms with E-state index in [1.165, 1.54) is 0 Å².